The summed E-state index contributed by atoms with van der Waals surface area (Å²) >= 11 is 0. The summed E-state index contributed by atoms with van der Waals surface area (Å²) in [6.07, 6.45) is 5.51. The second kappa shape index (κ2) is 6.66. The molecule has 1 saturated carbocycles. The van der Waals surface area contributed by atoms with Crippen LogP contribution in [0.3, 0.4) is 0 Å². The van der Waals surface area contributed by atoms with Crippen molar-refractivity contribution >= 4 is 5.69 Å². The van der Waals surface area contributed by atoms with E-state index in [9.17, 15) is 0 Å². The van der Waals surface area contributed by atoms with Crippen LogP contribution in [0.1, 0.15) is 32.6 Å². The van der Waals surface area contributed by atoms with Crippen LogP contribution in [0.15, 0.2) is 54.6 Å². The Balaban J connectivity index is 1.58. The van der Waals surface area contributed by atoms with Crippen molar-refractivity contribution in [3.05, 3.63) is 54.6 Å². The van der Waals surface area contributed by atoms with Gasteiger partial charge in [-0.3, -0.25) is 0 Å². The Morgan fingerprint density at radius 1 is 0.905 bits per heavy atom. The molecule has 0 amide bonds. The molecule has 0 heterocycles. The quantitative estimate of drug-likeness (QED) is 0.784. The minimum atomic E-state index is 0.549. The maximum atomic E-state index is 5.81. The van der Waals surface area contributed by atoms with Gasteiger partial charge in [-0.15, -0.1) is 0 Å². The van der Waals surface area contributed by atoms with Gasteiger partial charge in [0.1, 0.15) is 11.5 Å². The number of ether oxygens (including phenoxy) is 1. The highest BCUT2D eigenvalue weighted by Gasteiger charge is 2.21. The van der Waals surface area contributed by atoms with E-state index in [4.69, 9.17) is 4.74 Å². The zero-order valence-corrected chi connectivity index (χ0v) is 12.6. The normalized spacial score (nSPS) is 16.6. The van der Waals surface area contributed by atoms with Crippen LogP contribution < -0.4 is 10.1 Å². The van der Waals surface area contributed by atoms with Gasteiger partial charge >= 0.3 is 0 Å². The van der Waals surface area contributed by atoms with Crippen molar-refractivity contribution < 1.29 is 4.74 Å². The number of anilines is 1. The smallest absolute Gasteiger partial charge is 0.127 e. The molecule has 1 fully saturated rings. The fourth-order valence-electron chi connectivity index (χ4n) is 3.08. The van der Waals surface area contributed by atoms with Crippen molar-refractivity contribution in [2.45, 2.75) is 38.6 Å². The van der Waals surface area contributed by atoms with Crippen molar-refractivity contribution in [3.63, 3.8) is 0 Å². The lowest BCUT2D eigenvalue weighted by molar-refractivity contribution is 0.479. The Hall–Kier alpha value is -1.96. The highest BCUT2D eigenvalue weighted by molar-refractivity contribution is 5.47. The summed E-state index contributed by atoms with van der Waals surface area (Å²) in [5, 5.41) is 3.62. The third-order valence-electron chi connectivity index (χ3n) is 4.33. The zero-order chi connectivity index (χ0) is 14.5. The van der Waals surface area contributed by atoms with Crippen molar-refractivity contribution in [1.29, 1.82) is 0 Å². The highest BCUT2D eigenvalue weighted by Crippen LogP contribution is 2.30. The summed E-state index contributed by atoms with van der Waals surface area (Å²) in [5.41, 5.74) is 1.18. The molecular weight excluding hydrogens is 258 g/mol. The summed E-state index contributed by atoms with van der Waals surface area (Å²) in [6, 6.07) is 18.7. The predicted octanol–water partition coefficient (Wildman–Crippen LogP) is 5.47. The van der Waals surface area contributed by atoms with Gasteiger partial charge in [-0.05, 0) is 62.1 Å². The molecule has 0 bridgehead atoms. The van der Waals surface area contributed by atoms with Crippen LogP contribution in [0, 0.1) is 5.92 Å². The molecule has 0 aliphatic heterocycles. The summed E-state index contributed by atoms with van der Waals surface area (Å²) in [6.45, 7) is 2.30. The summed E-state index contributed by atoms with van der Waals surface area (Å²) < 4.78 is 5.81. The van der Waals surface area contributed by atoms with E-state index in [-0.39, 0.29) is 0 Å². The SMILES string of the molecule is CC(Nc1ccc(Oc2ccccc2)cc1)C1CCCC1. The molecule has 2 aromatic carbocycles. The Morgan fingerprint density at radius 3 is 2.19 bits per heavy atom. The standard InChI is InChI=1S/C19H23NO/c1-15(16-7-5-6-8-16)20-17-11-13-19(14-12-17)21-18-9-3-2-4-10-18/h2-4,9-16,20H,5-8H2,1H3. The molecular formula is C19H23NO. The van der Waals surface area contributed by atoms with Gasteiger partial charge in [0.05, 0.1) is 0 Å². The molecule has 0 spiro atoms. The van der Waals surface area contributed by atoms with Gasteiger partial charge in [0.25, 0.3) is 0 Å². The maximum Gasteiger partial charge on any atom is 0.127 e. The predicted molar refractivity (Wildman–Crippen MR) is 88.0 cm³/mol. The molecule has 0 radical (unpaired) electrons. The van der Waals surface area contributed by atoms with Gasteiger partial charge in [0.15, 0.2) is 0 Å². The molecule has 1 aliphatic rings. The maximum absolute atomic E-state index is 5.81. The molecule has 1 atom stereocenters. The van der Waals surface area contributed by atoms with E-state index in [0.29, 0.717) is 6.04 Å². The first-order valence-electron chi connectivity index (χ1n) is 7.91. The van der Waals surface area contributed by atoms with Crippen LogP contribution in [0.25, 0.3) is 0 Å². The first-order valence-corrected chi connectivity index (χ1v) is 7.91. The van der Waals surface area contributed by atoms with Crippen molar-refractivity contribution in [3.8, 4) is 11.5 Å². The Kier molecular flexibility index (Phi) is 4.44. The van der Waals surface area contributed by atoms with Gasteiger partial charge in [-0.25, -0.2) is 0 Å². The van der Waals surface area contributed by atoms with Crippen LogP contribution in [-0.4, -0.2) is 6.04 Å². The van der Waals surface area contributed by atoms with E-state index < -0.39 is 0 Å². The molecule has 0 aromatic heterocycles. The van der Waals surface area contributed by atoms with Crippen molar-refractivity contribution in [2.75, 3.05) is 5.32 Å². The number of para-hydroxylation sites is 1. The molecule has 2 nitrogen and oxygen atoms in total. The van der Waals surface area contributed by atoms with E-state index in [1.165, 1.54) is 31.4 Å². The minimum absolute atomic E-state index is 0.549. The summed E-state index contributed by atoms with van der Waals surface area (Å²) in [5.74, 6) is 2.57. The van der Waals surface area contributed by atoms with Crippen LogP contribution in [0.5, 0.6) is 11.5 Å². The van der Waals surface area contributed by atoms with E-state index in [1.54, 1.807) is 0 Å². The third kappa shape index (κ3) is 3.78. The lowest BCUT2D eigenvalue weighted by atomic mass is 9.99. The third-order valence-corrected chi connectivity index (χ3v) is 4.33. The average molecular weight is 281 g/mol. The van der Waals surface area contributed by atoms with Crippen LogP contribution in [-0.2, 0) is 0 Å². The molecule has 2 heteroatoms. The monoisotopic (exact) mass is 281 g/mol. The first-order chi connectivity index (χ1) is 10.3. The molecule has 1 unspecified atom stereocenters. The second-order valence-electron chi connectivity index (χ2n) is 5.92. The lowest BCUT2D eigenvalue weighted by Gasteiger charge is -2.21. The van der Waals surface area contributed by atoms with Crippen molar-refractivity contribution in [2.24, 2.45) is 5.92 Å². The van der Waals surface area contributed by atoms with E-state index >= 15 is 0 Å². The molecule has 110 valence electrons. The fraction of sp³-hybridized carbons (Fsp3) is 0.368. The fourth-order valence-corrected chi connectivity index (χ4v) is 3.08. The van der Waals surface area contributed by atoms with Gasteiger partial charge in [0, 0.05) is 11.7 Å². The van der Waals surface area contributed by atoms with Gasteiger partial charge in [0.2, 0.25) is 0 Å². The van der Waals surface area contributed by atoms with Crippen LogP contribution in [0.4, 0.5) is 5.69 Å². The molecule has 21 heavy (non-hydrogen) atoms. The number of benzene rings is 2. The van der Waals surface area contributed by atoms with E-state index in [1.807, 2.05) is 42.5 Å². The van der Waals surface area contributed by atoms with Gasteiger partial charge in [-0.1, -0.05) is 31.0 Å². The number of nitrogens with one attached hydrogen (secondary N) is 1. The Bertz CT molecular complexity index is 544. The molecule has 3 rings (SSSR count). The number of hydrogen-bond acceptors (Lipinski definition) is 2. The summed E-state index contributed by atoms with van der Waals surface area (Å²) in [7, 11) is 0. The Labute approximate surface area is 127 Å². The second-order valence-corrected chi connectivity index (χ2v) is 5.92. The topological polar surface area (TPSA) is 21.3 Å². The minimum Gasteiger partial charge on any atom is -0.457 e. The van der Waals surface area contributed by atoms with E-state index in [0.717, 1.165) is 17.4 Å². The number of rotatable bonds is 5. The van der Waals surface area contributed by atoms with Gasteiger partial charge in [-0.2, -0.15) is 0 Å². The highest BCUT2D eigenvalue weighted by atomic mass is 16.5. The zero-order valence-electron chi connectivity index (χ0n) is 12.6. The van der Waals surface area contributed by atoms with Crippen LogP contribution >= 0.6 is 0 Å². The average Bonchev–Trinajstić information content (AvgIpc) is 3.05. The molecule has 1 N–H and O–H groups in total. The summed E-state index contributed by atoms with van der Waals surface area (Å²) in [4.78, 5) is 0. The van der Waals surface area contributed by atoms with Gasteiger partial charge < -0.3 is 10.1 Å². The van der Waals surface area contributed by atoms with Crippen molar-refractivity contribution in [1.82, 2.24) is 0 Å². The molecule has 1 aliphatic carbocycles. The molecule has 2 aromatic rings. The van der Waals surface area contributed by atoms with Crippen LogP contribution in [0.2, 0.25) is 0 Å². The first kappa shape index (κ1) is 14.0. The van der Waals surface area contributed by atoms with E-state index in [2.05, 4.69) is 24.4 Å². The Morgan fingerprint density at radius 2 is 1.52 bits per heavy atom. The largest absolute Gasteiger partial charge is 0.457 e. The lowest BCUT2D eigenvalue weighted by Crippen LogP contribution is -2.23. The molecule has 0 saturated heterocycles. The number of hydrogen-bond donors (Lipinski definition) is 1.